The summed E-state index contributed by atoms with van der Waals surface area (Å²) in [7, 11) is 0. The maximum absolute atomic E-state index is 11.0. The first-order valence-corrected chi connectivity index (χ1v) is 5.42. The van der Waals surface area contributed by atoms with Gasteiger partial charge in [-0.3, -0.25) is 0 Å². The Morgan fingerprint density at radius 1 is 1.47 bits per heavy atom. The smallest absolute Gasteiger partial charge is 0.130 e. The van der Waals surface area contributed by atoms with Crippen LogP contribution in [0.1, 0.15) is 30.9 Å². The van der Waals surface area contributed by atoms with Crippen LogP contribution in [0.4, 0.5) is 0 Å². The van der Waals surface area contributed by atoms with E-state index in [9.17, 15) is 4.79 Å². The molecule has 0 unspecified atom stereocenters. The van der Waals surface area contributed by atoms with Crippen molar-refractivity contribution >= 4 is 6.29 Å². The molecular weight excluding hydrogens is 188 g/mol. The summed E-state index contributed by atoms with van der Waals surface area (Å²) in [5.74, 6) is 0.889. The van der Waals surface area contributed by atoms with Crippen molar-refractivity contribution in [3.63, 3.8) is 0 Å². The second-order valence-corrected chi connectivity index (χ2v) is 4.18. The van der Waals surface area contributed by atoms with Crippen LogP contribution in [0.15, 0.2) is 18.2 Å². The highest BCUT2D eigenvalue weighted by Crippen LogP contribution is 2.47. The van der Waals surface area contributed by atoms with E-state index >= 15 is 0 Å². The molecule has 0 aromatic heterocycles. The molecule has 15 heavy (non-hydrogen) atoms. The number of aryl methyl sites for hydroxylation is 1. The summed E-state index contributed by atoms with van der Waals surface area (Å²) in [5, 5.41) is 0. The quantitative estimate of drug-likeness (QED) is 0.705. The first-order chi connectivity index (χ1) is 7.22. The number of benzene rings is 1. The highest BCUT2D eigenvalue weighted by atomic mass is 16.5. The number of hydrogen-bond donors (Lipinski definition) is 0. The van der Waals surface area contributed by atoms with Crippen molar-refractivity contribution in [2.45, 2.75) is 32.1 Å². The Morgan fingerprint density at radius 2 is 2.20 bits per heavy atom. The minimum absolute atomic E-state index is 0.172. The summed E-state index contributed by atoms with van der Waals surface area (Å²) in [6.45, 7) is 4.69. The predicted molar refractivity (Wildman–Crippen MR) is 59.3 cm³/mol. The topological polar surface area (TPSA) is 26.3 Å². The van der Waals surface area contributed by atoms with Crippen molar-refractivity contribution in [3.8, 4) is 5.75 Å². The van der Waals surface area contributed by atoms with E-state index in [1.807, 2.05) is 32.0 Å². The highest BCUT2D eigenvalue weighted by molar-refractivity contribution is 5.74. The lowest BCUT2D eigenvalue weighted by Crippen LogP contribution is -2.09. The van der Waals surface area contributed by atoms with Gasteiger partial charge in [-0.1, -0.05) is 6.07 Å². The number of hydrogen-bond acceptors (Lipinski definition) is 2. The zero-order valence-corrected chi connectivity index (χ0v) is 9.25. The van der Waals surface area contributed by atoms with Gasteiger partial charge < -0.3 is 9.53 Å². The van der Waals surface area contributed by atoms with Crippen LogP contribution in [-0.4, -0.2) is 12.9 Å². The second-order valence-electron chi connectivity index (χ2n) is 4.18. The van der Waals surface area contributed by atoms with Crippen molar-refractivity contribution < 1.29 is 9.53 Å². The number of carbonyl (C=O) groups excluding carboxylic acids is 1. The van der Waals surface area contributed by atoms with Crippen LogP contribution in [-0.2, 0) is 10.2 Å². The van der Waals surface area contributed by atoms with Crippen molar-refractivity contribution in [2.24, 2.45) is 0 Å². The summed E-state index contributed by atoms with van der Waals surface area (Å²) < 4.78 is 5.42. The largest absolute Gasteiger partial charge is 0.494 e. The van der Waals surface area contributed by atoms with Crippen LogP contribution in [0.25, 0.3) is 0 Å². The standard InChI is InChI=1S/C13H16O2/c1-3-15-11-4-5-12(10(2)8-11)13(9-14)6-7-13/h4-5,8-9H,3,6-7H2,1-2H3. The normalized spacial score (nSPS) is 17.2. The van der Waals surface area contributed by atoms with Crippen molar-refractivity contribution in [2.75, 3.05) is 6.61 Å². The Morgan fingerprint density at radius 3 is 2.67 bits per heavy atom. The Labute approximate surface area is 90.3 Å². The third kappa shape index (κ3) is 1.76. The molecular formula is C13H16O2. The van der Waals surface area contributed by atoms with Crippen LogP contribution < -0.4 is 4.74 Å². The molecule has 1 aromatic carbocycles. The van der Waals surface area contributed by atoms with Crippen molar-refractivity contribution in [1.82, 2.24) is 0 Å². The molecule has 0 aliphatic heterocycles. The van der Waals surface area contributed by atoms with Gasteiger partial charge in [-0.25, -0.2) is 0 Å². The number of carbonyl (C=O) groups is 1. The predicted octanol–water partition coefficient (Wildman–Crippen LogP) is 2.62. The lowest BCUT2D eigenvalue weighted by atomic mass is 9.93. The Bertz CT molecular complexity index is 378. The van der Waals surface area contributed by atoms with E-state index in [2.05, 4.69) is 0 Å². The molecule has 0 amide bonds. The van der Waals surface area contributed by atoms with Crippen LogP contribution in [0, 0.1) is 6.92 Å². The average molecular weight is 204 g/mol. The fraction of sp³-hybridized carbons (Fsp3) is 0.462. The summed E-state index contributed by atoms with van der Waals surface area (Å²) in [6, 6.07) is 6.00. The van der Waals surface area contributed by atoms with Gasteiger partial charge >= 0.3 is 0 Å². The minimum atomic E-state index is -0.172. The summed E-state index contributed by atoms with van der Waals surface area (Å²) in [6.07, 6.45) is 3.08. The molecule has 2 nitrogen and oxygen atoms in total. The molecule has 1 aliphatic rings. The molecule has 0 heterocycles. The SMILES string of the molecule is CCOc1ccc(C2(C=O)CC2)c(C)c1. The van der Waals surface area contributed by atoms with Gasteiger partial charge in [-0.2, -0.15) is 0 Å². The van der Waals surface area contributed by atoms with E-state index in [-0.39, 0.29) is 5.41 Å². The summed E-state index contributed by atoms with van der Waals surface area (Å²) >= 11 is 0. The Hall–Kier alpha value is -1.31. The fourth-order valence-electron chi connectivity index (χ4n) is 2.04. The lowest BCUT2D eigenvalue weighted by molar-refractivity contribution is -0.109. The lowest BCUT2D eigenvalue weighted by Gasteiger charge is -2.13. The Kier molecular flexibility index (Phi) is 2.51. The molecule has 0 atom stereocenters. The van der Waals surface area contributed by atoms with Crippen LogP contribution in [0.5, 0.6) is 5.75 Å². The molecule has 0 spiro atoms. The molecule has 0 saturated heterocycles. The molecule has 2 heteroatoms. The molecule has 80 valence electrons. The monoisotopic (exact) mass is 204 g/mol. The van der Waals surface area contributed by atoms with Gasteiger partial charge in [0.1, 0.15) is 12.0 Å². The minimum Gasteiger partial charge on any atom is -0.494 e. The maximum Gasteiger partial charge on any atom is 0.130 e. The highest BCUT2D eigenvalue weighted by Gasteiger charge is 2.45. The van der Waals surface area contributed by atoms with E-state index < -0.39 is 0 Å². The molecule has 0 N–H and O–H groups in total. The molecule has 1 saturated carbocycles. The van der Waals surface area contributed by atoms with Crippen LogP contribution in [0.2, 0.25) is 0 Å². The summed E-state index contributed by atoms with van der Waals surface area (Å²) in [4.78, 5) is 11.0. The number of rotatable bonds is 4. The molecule has 1 aromatic rings. The first kappa shape index (κ1) is 10.2. The third-order valence-corrected chi connectivity index (χ3v) is 3.06. The zero-order valence-electron chi connectivity index (χ0n) is 9.25. The van der Waals surface area contributed by atoms with Crippen LogP contribution in [0.3, 0.4) is 0 Å². The van der Waals surface area contributed by atoms with Crippen molar-refractivity contribution in [3.05, 3.63) is 29.3 Å². The van der Waals surface area contributed by atoms with Gasteiger partial charge in [0.2, 0.25) is 0 Å². The van der Waals surface area contributed by atoms with E-state index in [0.717, 1.165) is 30.4 Å². The molecule has 0 radical (unpaired) electrons. The van der Waals surface area contributed by atoms with Gasteiger partial charge in [0.15, 0.2) is 0 Å². The van der Waals surface area contributed by atoms with E-state index in [1.54, 1.807) is 0 Å². The number of ether oxygens (including phenoxy) is 1. The average Bonchev–Trinajstić information content (AvgIpc) is 2.99. The zero-order chi connectivity index (χ0) is 10.9. The van der Waals surface area contributed by atoms with Gasteiger partial charge in [-0.15, -0.1) is 0 Å². The molecule has 2 rings (SSSR count). The van der Waals surface area contributed by atoms with Gasteiger partial charge in [0, 0.05) is 0 Å². The Balaban J connectivity index is 2.31. The van der Waals surface area contributed by atoms with Crippen LogP contribution >= 0.6 is 0 Å². The summed E-state index contributed by atoms with van der Waals surface area (Å²) in [5.41, 5.74) is 2.15. The maximum atomic E-state index is 11.0. The third-order valence-electron chi connectivity index (χ3n) is 3.06. The number of aldehydes is 1. The van der Waals surface area contributed by atoms with E-state index in [4.69, 9.17) is 4.74 Å². The molecule has 0 bridgehead atoms. The van der Waals surface area contributed by atoms with Gasteiger partial charge in [0.25, 0.3) is 0 Å². The van der Waals surface area contributed by atoms with E-state index in [0.29, 0.717) is 6.61 Å². The fourth-order valence-corrected chi connectivity index (χ4v) is 2.04. The van der Waals surface area contributed by atoms with Gasteiger partial charge in [0.05, 0.1) is 12.0 Å². The van der Waals surface area contributed by atoms with Gasteiger partial charge in [-0.05, 0) is 49.9 Å². The first-order valence-electron chi connectivity index (χ1n) is 5.42. The second kappa shape index (κ2) is 3.69. The van der Waals surface area contributed by atoms with E-state index in [1.165, 1.54) is 5.56 Å². The molecule has 1 aliphatic carbocycles. The van der Waals surface area contributed by atoms with Crippen molar-refractivity contribution in [1.29, 1.82) is 0 Å². The molecule has 1 fully saturated rings.